The molecule has 0 saturated heterocycles. The highest BCUT2D eigenvalue weighted by Crippen LogP contribution is 2.28. The molecule has 0 heterocycles. The van der Waals surface area contributed by atoms with Crippen molar-refractivity contribution in [1.29, 1.82) is 0 Å². The maximum Gasteiger partial charge on any atom is 0.306 e. The molecule has 2 aliphatic carbocycles. The number of carboxylic acids is 1. The molecule has 1 atom stereocenters. The number of oxime groups is 1. The molecule has 4 nitrogen and oxygen atoms in total. The Balaban J connectivity index is 0.000000162. The standard InChI is InChI=1S/C6H10ClNO.C4H6O2/c7-5-3-1-2-4-6(5)8-9;5-4(6)3-1-2-3/h5,9H,1-4H2;3H,1-2H2,(H,5,6). The molecular formula is C10H16ClNO3. The predicted molar refractivity (Wildman–Crippen MR) is 57.7 cm³/mol. The van der Waals surface area contributed by atoms with Gasteiger partial charge in [-0.2, -0.15) is 0 Å². The average molecular weight is 234 g/mol. The van der Waals surface area contributed by atoms with E-state index in [2.05, 4.69) is 5.16 Å². The first-order chi connectivity index (χ1) is 7.15. The first-order valence-corrected chi connectivity index (χ1v) is 5.66. The fourth-order valence-corrected chi connectivity index (χ4v) is 1.70. The minimum absolute atomic E-state index is 0.0104. The zero-order valence-electron chi connectivity index (χ0n) is 8.53. The lowest BCUT2D eigenvalue weighted by atomic mass is 9.98. The van der Waals surface area contributed by atoms with E-state index in [-0.39, 0.29) is 11.3 Å². The van der Waals surface area contributed by atoms with E-state index in [0.717, 1.165) is 44.2 Å². The predicted octanol–water partition coefficient (Wildman–Crippen LogP) is 2.48. The second-order valence-electron chi connectivity index (χ2n) is 3.92. The number of carboxylic acid groups (broad SMARTS) is 1. The second kappa shape index (κ2) is 5.95. The Morgan fingerprint density at radius 2 is 2.00 bits per heavy atom. The summed E-state index contributed by atoms with van der Waals surface area (Å²) in [6.07, 6.45) is 5.89. The molecule has 0 aromatic carbocycles. The van der Waals surface area contributed by atoms with E-state index >= 15 is 0 Å². The number of hydrogen-bond donors (Lipinski definition) is 2. The van der Waals surface area contributed by atoms with Gasteiger partial charge in [-0.25, -0.2) is 0 Å². The van der Waals surface area contributed by atoms with E-state index in [1.807, 2.05) is 0 Å². The third kappa shape index (κ3) is 4.51. The number of aliphatic carboxylic acids is 1. The van der Waals surface area contributed by atoms with E-state index in [0.29, 0.717) is 0 Å². The molecule has 5 heteroatoms. The van der Waals surface area contributed by atoms with Crippen molar-refractivity contribution >= 4 is 23.3 Å². The maximum atomic E-state index is 9.76. The van der Waals surface area contributed by atoms with Gasteiger partial charge in [0.1, 0.15) is 0 Å². The van der Waals surface area contributed by atoms with Crippen molar-refractivity contribution in [2.24, 2.45) is 11.1 Å². The first kappa shape index (κ1) is 12.3. The number of halogens is 1. The minimum Gasteiger partial charge on any atom is -0.481 e. The zero-order valence-corrected chi connectivity index (χ0v) is 9.28. The van der Waals surface area contributed by atoms with Crippen LogP contribution in [0.4, 0.5) is 0 Å². The molecule has 0 radical (unpaired) electrons. The minimum atomic E-state index is -0.630. The number of rotatable bonds is 1. The van der Waals surface area contributed by atoms with Gasteiger partial charge < -0.3 is 10.3 Å². The van der Waals surface area contributed by atoms with Gasteiger partial charge in [-0.05, 0) is 32.1 Å². The van der Waals surface area contributed by atoms with Crippen molar-refractivity contribution < 1.29 is 15.1 Å². The summed E-state index contributed by atoms with van der Waals surface area (Å²) in [5, 5.41) is 19.5. The smallest absolute Gasteiger partial charge is 0.306 e. The number of alkyl halides is 1. The summed E-state index contributed by atoms with van der Waals surface area (Å²) in [5.41, 5.74) is 0.753. The molecule has 0 bridgehead atoms. The van der Waals surface area contributed by atoms with Gasteiger partial charge in [0.25, 0.3) is 0 Å². The van der Waals surface area contributed by atoms with Gasteiger partial charge in [0.15, 0.2) is 0 Å². The Bertz CT molecular complexity index is 251. The Labute approximate surface area is 93.9 Å². The van der Waals surface area contributed by atoms with Crippen molar-refractivity contribution in [2.75, 3.05) is 0 Å². The molecule has 0 aromatic heterocycles. The van der Waals surface area contributed by atoms with Crippen molar-refractivity contribution in [3.8, 4) is 0 Å². The van der Waals surface area contributed by atoms with Crippen molar-refractivity contribution in [2.45, 2.75) is 43.9 Å². The highest BCUT2D eigenvalue weighted by molar-refractivity contribution is 6.32. The Hall–Kier alpha value is -0.770. The Morgan fingerprint density at radius 1 is 1.33 bits per heavy atom. The van der Waals surface area contributed by atoms with Crippen LogP contribution in [-0.2, 0) is 4.79 Å². The normalized spacial score (nSPS) is 28.1. The van der Waals surface area contributed by atoms with Gasteiger partial charge in [-0.3, -0.25) is 4.79 Å². The zero-order chi connectivity index (χ0) is 11.3. The van der Waals surface area contributed by atoms with Gasteiger partial charge in [-0.1, -0.05) is 11.6 Å². The molecule has 15 heavy (non-hydrogen) atoms. The fraction of sp³-hybridized carbons (Fsp3) is 0.800. The molecule has 1 unspecified atom stereocenters. The average Bonchev–Trinajstić information content (AvgIpc) is 3.02. The number of carbonyl (C=O) groups is 1. The SMILES string of the molecule is O=C(O)C1CC1.ON=C1CCCCC1Cl. The van der Waals surface area contributed by atoms with Crippen LogP contribution in [0.3, 0.4) is 0 Å². The van der Waals surface area contributed by atoms with Crippen molar-refractivity contribution in [1.82, 2.24) is 0 Å². The molecule has 0 aromatic rings. The first-order valence-electron chi connectivity index (χ1n) is 5.23. The maximum absolute atomic E-state index is 9.76. The van der Waals surface area contributed by atoms with E-state index in [4.69, 9.17) is 21.9 Å². The largest absolute Gasteiger partial charge is 0.481 e. The van der Waals surface area contributed by atoms with Crippen LogP contribution in [-0.4, -0.2) is 27.4 Å². The lowest BCUT2D eigenvalue weighted by Crippen LogP contribution is -2.18. The van der Waals surface area contributed by atoms with Gasteiger partial charge in [0, 0.05) is 0 Å². The van der Waals surface area contributed by atoms with Crippen molar-refractivity contribution in [3.05, 3.63) is 0 Å². The van der Waals surface area contributed by atoms with Crippen LogP contribution in [0, 0.1) is 5.92 Å². The molecule has 0 spiro atoms. The lowest BCUT2D eigenvalue weighted by molar-refractivity contribution is -0.138. The van der Waals surface area contributed by atoms with E-state index < -0.39 is 5.97 Å². The van der Waals surface area contributed by atoms with Crippen LogP contribution in [0.5, 0.6) is 0 Å². The monoisotopic (exact) mass is 233 g/mol. The highest BCUT2D eigenvalue weighted by atomic mass is 35.5. The van der Waals surface area contributed by atoms with Crippen LogP contribution in [0.1, 0.15) is 38.5 Å². The van der Waals surface area contributed by atoms with Gasteiger partial charge in [0.2, 0.25) is 0 Å². The van der Waals surface area contributed by atoms with Gasteiger partial charge in [-0.15, -0.1) is 11.6 Å². The van der Waals surface area contributed by atoms with E-state index in [1.165, 1.54) is 0 Å². The van der Waals surface area contributed by atoms with Gasteiger partial charge in [0.05, 0.1) is 17.0 Å². The van der Waals surface area contributed by atoms with E-state index in [9.17, 15) is 4.79 Å². The van der Waals surface area contributed by atoms with Gasteiger partial charge >= 0.3 is 5.97 Å². The van der Waals surface area contributed by atoms with Crippen LogP contribution >= 0.6 is 11.6 Å². The molecule has 0 aliphatic heterocycles. The summed E-state index contributed by atoms with van der Waals surface area (Å²) >= 11 is 5.79. The molecule has 2 N–H and O–H groups in total. The van der Waals surface area contributed by atoms with Crippen LogP contribution in [0.25, 0.3) is 0 Å². The third-order valence-corrected chi connectivity index (χ3v) is 3.03. The summed E-state index contributed by atoms with van der Waals surface area (Å²) in [4.78, 5) is 9.76. The van der Waals surface area contributed by atoms with E-state index in [1.54, 1.807) is 0 Å². The molecule has 2 rings (SSSR count). The summed E-state index contributed by atoms with van der Waals surface area (Å²) < 4.78 is 0. The molecule has 0 amide bonds. The molecular weight excluding hydrogens is 218 g/mol. The molecule has 2 saturated carbocycles. The summed E-state index contributed by atoms with van der Waals surface area (Å²) in [6.45, 7) is 0. The summed E-state index contributed by atoms with van der Waals surface area (Å²) in [7, 11) is 0. The molecule has 2 fully saturated rings. The van der Waals surface area contributed by atoms with Crippen molar-refractivity contribution in [3.63, 3.8) is 0 Å². The van der Waals surface area contributed by atoms with Crippen LogP contribution in [0.15, 0.2) is 5.16 Å². The van der Waals surface area contributed by atoms with Crippen LogP contribution < -0.4 is 0 Å². The highest BCUT2D eigenvalue weighted by Gasteiger charge is 2.28. The Morgan fingerprint density at radius 3 is 2.27 bits per heavy atom. The molecule has 2 aliphatic rings. The second-order valence-corrected chi connectivity index (χ2v) is 4.44. The number of nitrogens with zero attached hydrogens (tertiary/aromatic N) is 1. The topological polar surface area (TPSA) is 69.9 Å². The van der Waals surface area contributed by atoms with Crippen LogP contribution in [0.2, 0.25) is 0 Å². The lowest BCUT2D eigenvalue weighted by Gasteiger charge is -2.15. The summed E-state index contributed by atoms with van der Waals surface area (Å²) in [5.74, 6) is -0.611. The quantitative estimate of drug-likeness (QED) is 0.415. The third-order valence-electron chi connectivity index (χ3n) is 2.56. The molecule has 86 valence electrons. The fourth-order valence-electron chi connectivity index (χ4n) is 1.40. The summed E-state index contributed by atoms with van der Waals surface area (Å²) in [6, 6.07) is 0. The number of hydrogen-bond acceptors (Lipinski definition) is 3. The Kier molecular flexibility index (Phi) is 4.88.